The number of ether oxygens (including phenoxy) is 2. The highest BCUT2D eigenvalue weighted by Crippen LogP contribution is 2.28. The number of hydrogen-bond donors (Lipinski definition) is 2. The van der Waals surface area contributed by atoms with Crippen LogP contribution in [0, 0.1) is 0 Å². The van der Waals surface area contributed by atoms with Crippen molar-refractivity contribution in [3.63, 3.8) is 0 Å². The summed E-state index contributed by atoms with van der Waals surface area (Å²) in [6.07, 6.45) is 2.99. The molecule has 0 saturated heterocycles. The number of carbonyl (C=O) groups is 1. The van der Waals surface area contributed by atoms with Crippen LogP contribution in [0.2, 0.25) is 0 Å². The SMILES string of the molecule is CCCCNC(=O)[C@@]1(Cc2ccc(Br)cc2)COC(c2ccc(OCCCO)cc2)=N1. The monoisotopic (exact) mass is 488 g/mol. The molecule has 166 valence electrons. The minimum atomic E-state index is -0.993. The van der Waals surface area contributed by atoms with Crippen molar-refractivity contribution in [3.8, 4) is 5.75 Å². The minimum absolute atomic E-state index is 0.101. The first-order valence-electron chi connectivity index (χ1n) is 10.7. The lowest BCUT2D eigenvalue weighted by atomic mass is 9.91. The maximum Gasteiger partial charge on any atom is 0.251 e. The van der Waals surface area contributed by atoms with E-state index in [-0.39, 0.29) is 19.1 Å². The fourth-order valence-electron chi connectivity index (χ4n) is 3.31. The van der Waals surface area contributed by atoms with Gasteiger partial charge in [-0.05, 0) is 48.4 Å². The van der Waals surface area contributed by atoms with E-state index < -0.39 is 5.54 Å². The Morgan fingerprint density at radius 2 is 1.94 bits per heavy atom. The van der Waals surface area contributed by atoms with Gasteiger partial charge in [-0.25, -0.2) is 4.99 Å². The molecule has 3 rings (SSSR count). The average Bonchev–Trinajstić information content (AvgIpc) is 3.21. The van der Waals surface area contributed by atoms with Crippen molar-refractivity contribution in [3.05, 3.63) is 64.1 Å². The van der Waals surface area contributed by atoms with Crippen LogP contribution in [-0.2, 0) is 16.0 Å². The number of amides is 1. The molecule has 1 amide bonds. The van der Waals surface area contributed by atoms with Crippen LogP contribution in [0.15, 0.2) is 58.0 Å². The van der Waals surface area contributed by atoms with E-state index in [9.17, 15) is 4.79 Å². The quantitative estimate of drug-likeness (QED) is 0.470. The Labute approximate surface area is 191 Å². The lowest BCUT2D eigenvalue weighted by Gasteiger charge is -2.23. The summed E-state index contributed by atoms with van der Waals surface area (Å²) in [7, 11) is 0. The molecule has 7 heteroatoms. The van der Waals surface area contributed by atoms with Gasteiger partial charge in [-0.2, -0.15) is 0 Å². The molecular formula is C24H29BrN2O4. The third-order valence-corrected chi connectivity index (χ3v) is 5.61. The van der Waals surface area contributed by atoms with Crippen LogP contribution in [0.3, 0.4) is 0 Å². The topological polar surface area (TPSA) is 80.2 Å². The fourth-order valence-corrected chi connectivity index (χ4v) is 3.58. The number of rotatable bonds is 11. The van der Waals surface area contributed by atoms with Gasteiger partial charge in [0.1, 0.15) is 12.4 Å². The lowest BCUT2D eigenvalue weighted by Crippen LogP contribution is -2.48. The molecule has 1 atom stereocenters. The second-order valence-corrected chi connectivity index (χ2v) is 8.52. The van der Waals surface area contributed by atoms with Gasteiger partial charge in [0.25, 0.3) is 5.91 Å². The van der Waals surface area contributed by atoms with Gasteiger partial charge in [0.2, 0.25) is 5.90 Å². The lowest BCUT2D eigenvalue weighted by molar-refractivity contribution is -0.126. The maximum absolute atomic E-state index is 13.1. The van der Waals surface area contributed by atoms with E-state index in [0.717, 1.165) is 28.4 Å². The number of nitrogens with zero attached hydrogens (tertiary/aromatic N) is 1. The Morgan fingerprint density at radius 1 is 1.19 bits per heavy atom. The molecule has 0 radical (unpaired) electrons. The average molecular weight is 489 g/mol. The molecule has 0 spiro atoms. The van der Waals surface area contributed by atoms with E-state index in [1.807, 2.05) is 48.5 Å². The van der Waals surface area contributed by atoms with E-state index in [0.29, 0.717) is 37.6 Å². The highest BCUT2D eigenvalue weighted by molar-refractivity contribution is 9.10. The number of aliphatic hydroxyl groups excluding tert-OH is 1. The Kier molecular flexibility index (Phi) is 8.49. The third kappa shape index (κ3) is 6.31. The zero-order valence-corrected chi connectivity index (χ0v) is 19.4. The van der Waals surface area contributed by atoms with Crippen molar-refractivity contribution in [2.75, 3.05) is 26.4 Å². The van der Waals surface area contributed by atoms with Crippen molar-refractivity contribution in [2.45, 2.75) is 38.1 Å². The molecule has 0 aromatic heterocycles. The van der Waals surface area contributed by atoms with Gasteiger partial charge in [-0.1, -0.05) is 41.4 Å². The Hall–Kier alpha value is -2.38. The molecule has 0 bridgehead atoms. The van der Waals surface area contributed by atoms with Crippen molar-refractivity contribution in [2.24, 2.45) is 4.99 Å². The number of halogens is 1. The molecule has 1 aliphatic rings. The predicted octanol–water partition coefficient (Wildman–Crippen LogP) is 3.88. The van der Waals surface area contributed by atoms with Crippen LogP contribution in [0.5, 0.6) is 5.75 Å². The number of hydrogen-bond acceptors (Lipinski definition) is 5. The van der Waals surface area contributed by atoms with Crippen LogP contribution >= 0.6 is 15.9 Å². The van der Waals surface area contributed by atoms with E-state index in [2.05, 4.69) is 28.2 Å². The first-order chi connectivity index (χ1) is 15.1. The van der Waals surface area contributed by atoms with E-state index >= 15 is 0 Å². The first-order valence-corrected chi connectivity index (χ1v) is 11.4. The highest BCUT2D eigenvalue weighted by Gasteiger charge is 2.44. The van der Waals surface area contributed by atoms with Crippen molar-refractivity contribution < 1.29 is 19.4 Å². The highest BCUT2D eigenvalue weighted by atomic mass is 79.9. The number of aliphatic hydroxyl groups is 1. The fraction of sp³-hybridized carbons (Fsp3) is 0.417. The molecule has 31 heavy (non-hydrogen) atoms. The summed E-state index contributed by atoms with van der Waals surface area (Å²) in [5.41, 5.74) is 0.830. The largest absolute Gasteiger partial charge is 0.494 e. The van der Waals surface area contributed by atoms with Gasteiger partial charge < -0.3 is 19.9 Å². The Bertz CT molecular complexity index is 883. The molecule has 1 aliphatic heterocycles. The van der Waals surface area contributed by atoms with Gasteiger partial charge in [0, 0.05) is 36.0 Å². The normalized spacial score (nSPS) is 17.7. The van der Waals surface area contributed by atoms with Gasteiger partial charge in [-0.3, -0.25) is 4.79 Å². The van der Waals surface area contributed by atoms with Crippen LogP contribution < -0.4 is 10.1 Å². The van der Waals surface area contributed by atoms with Crippen LogP contribution in [-0.4, -0.2) is 48.8 Å². The van der Waals surface area contributed by atoms with Crippen molar-refractivity contribution >= 4 is 27.7 Å². The number of nitrogens with one attached hydrogen (secondary N) is 1. The summed E-state index contributed by atoms with van der Waals surface area (Å²) in [5.74, 6) is 1.07. The second-order valence-electron chi connectivity index (χ2n) is 7.60. The molecule has 0 fully saturated rings. The van der Waals surface area contributed by atoms with Crippen molar-refractivity contribution in [1.29, 1.82) is 0 Å². The number of benzene rings is 2. The number of aliphatic imine (C=N–C) groups is 1. The number of carbonyl (C=O) groups excluding carboxylic acids is 1. The Balaban J connectivity index is 1.80. The first kappa shape index (κ1) is 23.3. The van der Waals surface area contributed by atoms with E-state index in [4.69, 9.17) is 19.6 Å². The molecule has 6 nitrogen and oxygen atoms in total. The minimum Gasteiger partial charge on any atom is -0.494 e. The summed E-state index contributed by atoms with van der Waals surface area (Å²) in [6.45, 7) is 3.48. The molecule has 2 aromatic carbocycles. The summed E-state index contributed by atoms with van der Waals surface area (Å²) in [4.78, 5) is 17.9. The Morgan fingerprint density at radius 3 is 2.61 bits per heavy atom. The summed E-state index contributed by atoms with van der Waals surface area (Å²) < 4.78 is 12.5. The molecular weight excluding hydrogens is 460 g/mol. The maximum atomic E-state index is 13.1. The van der Waals surface area contributed by atoms with Gasteiger partial charge >= 0.3 is 0 Å². The van der Waals surface area contributed by atoms with Gasteiger partial charge in [0.15, 0.2) is 5.54 Å². The van der Waals surface area contributed by atoms with E-state index in [1.54, 1.807) is 0 Å². The molecule has 2 aromatic rings. The molecule has 2 N–H and O–H groups in total. The summed E-state index contributed by atoms with van der Waals surface area (Å²) >= 11 is 3.45. The zero-order valence-electron chi connectivity index (χ0n) is 17.8. The summed E-state index contributed by atoms with van der Waals surface area (Å²) in [6, 6.07) is 15.4. The molecule has 0 unspecified atom stereocenters. The van der Waals surface area contributed by atoms with Crippen molar-refractivity contribution in [1.82, 2.24) is 5.32 Å². The smallest absolute Gasteiger partial charge is 0.251 e. The number of unbranched alkanes of at least 4 members (excludes halogenated alkanes) is 1. The van der Waals surface area contributed by atoms with Gasteiger partial charge in [-0.15, -0.1) is 0 Å². The summed E-state index contributed by atoms with van der Waals surface area (Å²) in [5, 5.41) is 11.9. The standard InChI is InChI=1S/C24H29BrN2O4/c1-2-3-13-26-23(29)24(16-18-5-9-20(25)10-6-18)17-31-22(27-24)19-7-11-21(12-8-19)30-15-4-14-28/h5-12,28H,2-4,13-17H2,1H3,(H,26,29)/t24-/m1/s1. The molecule has 0 saturated carbocycles. The molecule has 0 aliphatic carbocycles. The predicted molar refractivity (Wildman–Crippen MR) is 125 cm³/mol. The zero-order chi connectivity index (χ0) is 22.1. The second kappa shape index (κ2) is 11.3. The molecule has 1 heterocycles. The van der Waals surface area contributed by atoms with Gasteiger partial charge in [0.05, 0.1) is 6.61 Å². The third-order valence-electron chi connectivity index (χ3n) is 5.08. The van der Waals surface area contributed by atoms with Crippen LogP contribution in [0.1, 0.15) is 37.3 Å². The van der Waals surface area contributed by atoms with E-state index in [1.165, 1.54) is 0 Å². The van der Waals surface area contributed by atoms with Crippen LogP contribution in [0.25, 0.3) is 0 Å². The van der Waals surface area contributed by atoms with Crippen LogP contribution in [0.4, 0.5) is 0 Å².